The Kier molecular flexibility index (Phi) is 4.52. The molecular formula is C23H30N4. The van der Waals surface area contributed by atoms with Crippen molar-refractivity contribution in [2.24, 2.45) is 5.92 Å². The van der Waals surface area contributed by atoms with Crippen molar-refractivity contribution in [2.45, 2.75) is 64.1 Å². The van der Waals surface area contributed by atoms with Crippen LogP contribution in [0.1, 0.15) is 45.4 Å². The molecule has 3 heterocycles. The average molecular weight is 363 g/mol. The smallest absolute Gasteiger partial charge is 0.0565 e. The standard InChI is InChI=1S/C23H30N4/c1-17-11-18(16-27(17)22-5-3-2-4-6-22)15-26-10-9-20-12-19(7-8-23(20)26)21-13-24-25-14-21/h7-10,12-14,17-18,22H,2-6,11,15-16H2,1H3,(H,24,25)/t17-,18?/m0/s1. The molecule has 1 saturated carbocycles. The lowest BCUT2D eigenvalue weighted by Gasteiger charge is -2.34. The maximum atomic E-state index is 4.07. The van der Waals surface area contributed by atoms with Gasteiger partial charge in [0.05, 0.1) is 6.20 Å². The Morgan fingerprint density at radius 2 is 2.00 bits per heavy atom. The molecule has 142 valence electrons. The third-order valence-electron chi connectivity index (χ3n) is 6.81. The van der Waals surface area contributed by atoms with Crippen LogP contribution in [0.15, 0.2) is 42.9 Å². The van der Waals surface area contributed by atoms with E-state index in [2.05, 4.69) is 57.1 Å². The van der Waals surface area contributed by atoms with Crippen molar-refractivity contribution in [3.8, 4) is 11.1 Å². The Bertz CT molecular complexity index is 888. The van der Waals surface area contributed by atoms with Crippen molar-refractivity contribution in [1.82, 2.24) is 19.7 Å². The van der Waals surface area contributed by atoms with Gasteiger partial charge in [-0.05, 0) is 55.9 Å². The number of H-pyrrole nitrogens is 1. The number of nitrogens with zero attached hydrogens (tertiary/aromatic N) is 3. The van der Waals surface area contributed by atoms with Crippen molar-refractivity contribution in [3.63, 3.8) is 0 Å². The van der Waals surface area contributed by atoms with E-state index in [4.69, 9.17) is 0 Å². The summed E-state index contributed by atoms with van der Waals surface area (Å²) in [7, 11) is 0. The van der Waals surface area contributed by atoms with Gasteiger partial charge in [0.2, 0.25) is 0 Å². The Morgan fingerprint density at radius 3 is 2.81 bits per heavy atom. The fraction of sp³-hybridized carbons (Fsp3) is 0.522. The SMILES string of the molecule is C[C@H]1CC(Cn2ccc3cc(-c4cn[nH]c4)ccc32)CN1C1CCCCC1. The number of hydrogen-bond donors (Lipinski definition) is 1. The van der Waals surface area contributed by atoms with Gasteiger partial charge in [-0.25, -0.2) is 0 Å². The summed E-state index contributed by atoms with van der Waals surface area (Å²) in [5, 5.41) is 8.30. The molecule has 4 nitrogen and oxygen atoms in total. The number of aromatic nitrogens is 3. The van der Waals surface area contributed by atoms with E-state index in [-0.39, 0.29) is 0 Å². The normalized spacial score (nSPS) is 24.8. The minimum Gasteiger partial charge on any atom is -0.347 e. The number of hydrogen-bond acceptors (Lipinski definition) is 2. The molecule has 2 fully saturated rings. The molecule has 0 radical (unpaired) electrons. The summed E-state index contributed by atoms with van der Waals surface area (Å²) in [6.07, 6.45) is 14.6. The lowest BCUT2D eigenvalue weighted by molar-refractivity contribution is 0.146. The lowest BCUT2D eigenvalue weighted by atomic mass is 9.94. The predicted molar refractivity (Wildman–Crippen MR) is 111 cm³/mol. The van der Waals surface area contributed by atoms with E-state index in [9.17, 15) is 0 Å². The predicted octanol–water partition coefficient (Wildman–Crippen LogP) is 5.07. The summed E-state index contributed by atoms with van der Waals surface area (Å²) in [4.78, 5) is 2.83. The lowest BCUT2D eigenvalue weighted by Crippen LogP contribution is -2.39. The van der Waals surface area contributed by atoms with Crippen LogP contribution >= 0.6 is 0 Å². The van der Waals surface area contributed by atoms with Crippen LogP contribution in [0.3, 0.4) is 0 Å². The Balaban J connectivity index is 1.31. The summed E-state index contributed by atoms with van der Waals surface area (Å²) < 4.78 is 2.47. The van der Waals surface area contributed by atoms with Gasteiger partial charge in [-0.15, -0.1) is 0 Å². The van der Waals surface area contributed by atoms with Crippen molar-refractivity contribution in [3.05, 3.63) is 42.9 Å². The summed E-state index contributed by atoms with van der Waals surface area (Å²) in [5.74, 6) is 0.770. The summed E-state index contributed by atoms with van der Waals surface area (Å²) in [6.45, 7) is 4.86. The molecule has 1 unspecified atom stereocenters. The zero-order valence-electron chi connectivity index (χ0n) is 16.3. The molecule has 2 aliphatic rings. The first-order valence-corrected chi connectivity index (χ1v) is 10.6. The maximum absolute atomic E-state index is 4.07. The fourth-order valence-corrected chi connectivity index (χ4v) is 5.45. The van der Waals surface area contributed by atoms with Crippen LogP contribution in [0.5, 0.6) is 0 Å². The van der Waals surface area contributed by atoms with Gasteiger partial charge in [-0.1, -0.05) is 25.3 Å². The highest BCUT2D eigenvalue weighted by Crippen LogP contribution is 2.33. The molecule has 1 saturated heterocycles. The van der Waals surface area contributed by atoms with E-state index in [1.54, 1.807) is 0 Å². The summed E-state index contributed by atoms with van der Waals surface area (Å²) in [5.41, 5.74) is 3.73. The van der Waals surface area contributed by atoms with Gasteiger partial charge >= 0.3 is 0 Å². The molecule has 4 heteroatoms. The number of fused-ring (bicyclic) bond motifs is 1. The third-order valence-corrected chi connectivity index (χ3v) is 6.81. The minimum atomic E-state index is 0.743. The van der Waals surface area contributed by atoms with Gasteiger partial charge in [0.15, 0.2) is 0 Å². The molecule has 1 N–H and O–H groups in total. The summed E-state index contributed by atoms with van der Waals surface area (Å²) >= 11 is 0. The first kappa shape index (κ1) is 17.1. The second-order valence-electron chi connectivity index (χ2n) is 8.67. The van der Waals surface area contributed by atoms with E-state index in [0.29, 0.717) is 0 Å². The van der Waals surface area contributed by atoms with Crippen LogP contribution in [0, 0.1) is 5.92 Å². The third kappa shape index (κ3) is 3.31. The number of aromatic amines is 1. The molecule has 5 rings (SSSR count). The molecular weight excluding hydrogens is 332 g/mol. The highest BCUT2D eigenvalue weighted by atomic mass is 15.2. The Labute approximate surface area is 161 Å². The van der Waals surface area contributed by atoms with Crippen molar-refractivity contribution in [2.75, 3.05) is 6.54 Å². The van der Waals surface area contributed by atoms with Gasteiger partial charge in [0.25, 0.3) is 0 Å². The highest BCUT2D eigenvalue weighted by molar-refractivity contribution is 5.85. The monoisotopic (exact) mass is 362 g/mol. The largest absolute Gasteiger partial charge is 0.347 e. The Hall–Kier alpha value is -2.07. The van der Waals surface area contributed by atoms with Crippen molar-refractivity contribution in [1.29, 1.82) is 0 Å². The number of nitrogens with one attached hydrogen (secondary N) is 1. The molecule has 0 amide bonds. The molecule has 1 aliphatic heterocycles. The van der Waals surface area contributed by atoms with Gasteiger partial charge in [0, 0.05) is 54.0 Å². The first-order valence-electron chi connectivity index (χ1n) is 10.6. The van der Waals surface area contributed by atoms with Gasteiger partial charge < -0.3 is 4.57 Å². The second kappa shape index (κ2) is 7.16. The van der Waals surface area contributed by atoms with Crippen LogP contribution in [-0.2, 0) is 6.54 Å². The van der Waals surface area contributed by atoms with E-state index in [1.165, 1.54) is 61.5 Å². The molecule has 1 aromatic carbocycles. The molecule has 27 heavy (non-hydrogen) atoms. The van der Waals surface area contributed by atoms with Crippen molar-refractivity contribution >= 4 is 10.9 Å². The average Bonchev–Trinajstić information content (AvgIpc) is 3.43. The highest BCUT2D eigenvalue weighted by Gasteiger charge is 2.34. The summed E-state index contributed by atoms with van der Waals surface area (Å²) in [6, 6.07) is 10.6. The zero-order valence-corrected chi connectivity index (χ0v) is 16.3. The maximum Gasteiger partial charge on any atom is 0.0565 e. The number of rotatable bonds is 4. The topological polar surface area (TPSA) is 36.9 Å². The first-order chi connectivity index (χ1) is 13.3. The molecule has 0 spiro atoms. The number of benzene rings is 1. The molecule has 0 bridgehead atoms. The zero-order chi connectivity index (χ0) is 18.2. The van der Waals surface area contributed by atoms with Crippen LogP contribution in [-0.4, -0.2) is 38.3 Å². The number of likely N-dealkylation sites (tertiary alicyclic amines) is 1. The second-order valence-corrected chi connectivity index (χ2v) is 8.67. The van der Waals surface area contributed by atoms with Gasteiger partial charge in [-0.3, -0.25) is 10.00 Å². The minimum absolute atomic E-state index is 0.743. The van der Waals surface area contributed by atoms with Gasteiger partial charge in [-0.2, -0.15) is 5.10 Å². The van der Waals surface area contributed by atoms with Crippen LogP contribution < -0.4 is 0 Å². The molecule has 3 aromatic rings. The van der Waals surface area contributed by atoms with E-state index in [1.807, 2.05) is 12.4 Å². The molecule has 2 atom stereocenters. The van der Waals surface area contributed by atoms with Crippen LogP contribution in [0.25, 0.3) is 22.0 Å². The van der Waals surface area contributed by atoms with E-state index < -0.39 is 0 Å². The quantitative estimate of drug-likeness (QED) is 0.703. The molecule has 2 aromatic heterocycles. The van der Waals surface area contributed by atoms with Crippen molar-refractivity contribution < 1.29 is 0 Å². The van der Waals surface area contributed by atoms with E-state index >= 15 is 0 Å². The molecule has 1 aliphatic carbocycles. The fourth-order valence-electron chi connectivity index (χ4n) is 5.45. The Morgan fingerprint density at radius 1 is 1.11 bits per heavy atom. The van der Waals surface area contributed by atoms with Crippen LogP contribution in [0.2, 0.25) is 0 Å². The van der Waals surface area contributed by atoms with Gasteiger partial charge in [0.1, 0.15) is 0 Å². The van der Waals surface area contributed by atoms with E-state index in [0.717, 1.165) is 30.1 Å². The van der Waals surface area contributed by atoms with Crippen LogP contribution in [0.4, 0.5) is 0 Å².